The average molecular weight is 395 g/mol. The Balaban J connectivity index is 1.71. The number of ether oxygens (including phenoxy) is 1. The minimum absolute atomic E-state index is 0.318. The summed E-state index contributed by atoms with van der Waals surface area (Å²) in [7, 11) is 0. The summed E-state index contributed by atoms with van der Waals surface area (Å²) in [6.07, 6.45) is -0.801. The van der Waals surface area contributed by atoms with E-state index in [-0.39, 0.29) is 11.8 Å². The Morgan fingerprint density at radius 3 is 2.25 bits per heavy atom. The second kappa shape index (κ2) is 9.06. The molecule has 0 spiro atoms. The Kier molecular flexibility index (Phi) is 6.29. The lowest BCUT2D eigenvalue weighted by atomic mass is 10.1. The van der Waals surface area contributed by atoms with Crippen LogP contribution in [0.15, 0.2) is 78.9 Å². The Labute approximate surface area is 168 Å². The van der Waals surface area contributed by atoms with Gasteiger partial charge in [-0.3, -0.25) is 9.59 Å². The summed E-state index contributed by atoms with van der Waals surface area (Å²) in [5, 5.41) is 5.98. The number of halogens is 1. The van der Waals surface area contributed by atoms with Gasteiger partial charge in [0.05, 0.1) is 16.3 Å². The number of hydrogen-bond acceptors (Lipinski definition) is 3. The Morgan fingerprint density at radius 1 is 0.857 bits per heavy atom. The number of carbonyl (C=O) groups is 2. The predicted molar refractivity (Wildman–Crippen MR) is 111 cm³/mol. The van der Waals surface area contributed by atoms with Gasteiger partial charge in [0.2, 0.25) is 0 Å². The molecular weight excluding hydrogens is 376 g/mol. The fraction of sp³-hybridized carbons (Fsp3) is 0.0909. The van der Waals surface area contributed by atoms with Crippen LogP contribution in [0.3, 0.4) is 0 Å². The molecule has 0 bridgehead atoms. The number of rotatable bonds is 6. The molecule has 0 aromatic heterocycles. The largest absolute Gasteiger partial charge is 0.479 e. The van der Waals surface area contributed by atoms with Gasteiger partial charge >= 0.3 is 0 Å². The van der Waals surface area contributed by atoms with Crippen molar-refractivity contribution < 1.29 is 14.3 Å². The Hall–Kier alpha value is -3.31. The molecule has 3 aromatic rings. The zero-order valence-corrected chi connectivity index (χ0v) is 15.9. The number of anilines is 2. The van der Waals surface area contributed by atoms with Crippen LogP contribution < -0.4 is 15.4 Å². The van der Waals surface area contributed by atoms with E-state index in [1.54, 1.807) is 67.6 Å². The second-order valence-electron chi connectivity index (χ2n) is 6.05. The fourth-order valence-electron chi connectivity index (χ4n) is 2.53. The highest BCUT2D eigenvalue weighted by atomic mass is 35.5. The van der Waals surface area contributed by atoms with Gasteiger partial charge in [-0.25, -0.2) is 0 Å². The SMILES string of the molecule is C[C@H](Oc1ccccc1Cl)C(=O)Nc1ccccc1C(=O)Nc1ccccc1. The third-order valence-electron chi connectivity index (χ3n) is 3.97. The zero-order chi connectivity index (χ0) is 19.9. The van der Waals surface area contributed by atoms with E-state index in [0.717, 1.165) is 0 Å². The van der Waals surface area contributed by atoms with Gasteiger partial charge in [0.15, 0.2) is 6.10 Å². The molecule has 6 heteroatoms. The Morgan fingerprint density at radius 2 is 1.50 bits per heavy atom. The van der Waals surface area contributed by atoms with E-state index in [0.29, 0.717) is 27.7 Å². The highest BCUT2D eigenvalue weighted by Crippen LogP contribution is 2.25. The van der Waals surface area contributed by atoms with Crippen molar-refractivity contribution in [2.45, 2.75) is 13.0 Å². The van der Waals surface area contributed by atoms with Gasteiger partial charge in [-0.2, -0.15) is 0 Å². The molecule has 0 aliphatic heterocycles. The molecule has 0 heterocycles. The molecule has 142 valence electrons. The maximum Gasteiger partial charge on any atom is 0.265 e. The van der Waals surface area contributed by atoms with Crippen molar-refractivity contribution in [3.63, 3.8) is 0 Å². The molecule has 5 nitrogen and oxygen atoms in total. The molecule has 0 aliphatic rings. The van der Waals surface area contributed by atoms with Crippen LogP contribution in [0, 0.1) is 0 Å². The van der Waals surface area contributed by atoms with Crippen LogP contribution in [-0.2, 0) is 4.79 Å². The molecule has 3 aromatic carbocycles. The lowest BCUT2D eigenvalue weighted by Crippen LogP contribution is -2.31. The number of para-hydroxylation sites is 3. The minimum atomic E-state index is -0.801. The smallest absolute Gasteiger partial charge is 0.265 e. The zero-order valence-electron chi connectivity index (χ0n) is 15.2. The molecule has 0 unspecified atom stereocenters. The van der Waals surface area contributed by atoms with E-state index in [4.69, 9.17) is 16.3 Å². The standard InChI is InChI=1S/C22H19ClN2O3/c1-15(28-20-14-8-6-12-18(20)23)21(26)25-19-13-7-5-11-17(19)22(27)24-16-9-3-2-4-10-16/h2-15H,1H3,(H,24,27)(H,25,26)/t15-/m0/s1. The lowest BCUT2D eigenvalue weighted by Gasteiger charge is -2.17. The fourth-order valence-corrected chi connectivity index (χ4v) is 2.71. The second-order valence-corrected chi connectivity index (χ2v) is 6.45. The molecule has 3 rings (SSSR count). The summed E-state index contributed by atoms with van der Waals surface area (Å²) in [5.74, 6) is -0.288. The van der Waals surface area contributed by atoms with Crippen molar-refractivity contribution in [1.29, 1.82) is 0 Å². The van der Waals surface area contributed by atoms with Crippen molar-refractivity contribution in [1.82, 2.24) is 0 Å². The molecule has 0 fully saturated rings. The number of carbonyl (C=O) groups excluding carboxylic acids is 2. The maximum absolute atomic E-state index is 12.6. The molecule has 1 atom stereocenters. The van der Waals surface area contributed by atoms with E-state index < -0.39 is 6.10 Å². The first-order valence-electron chi connectivity index (χ1n) is 8.72. The van der Waals surface area contributed by atoms with Crippen molar-refractivity contribution in [2.24, 2.45) is 0 Å². The number of hydrogen-bond donors (Lipinski definition) is 2. The monoisotopic (exact) mass is 394 g/mol. The summed E-state index contributed by atoms with van der Waals surface area (Å²) in [6, 6.07) is 22.8. The van der Waals surface area contributed by atoms with Gasteiger partial charge in [0.1, 0.15) is 5.75 Å². The highest BCUT2D eigenvalue weighted by Gasteiger charge is 2.19. The molecule has 0 saturated heterocycles. The lowest BCUT2D eigenvalue weighted by molar-refractivity contribution is -0.122. The summed E-state index contributed by atoms with van der Waals surface area (Å²) in [5.41, 5.74) is 1.42. The van der Waals surface area contributed by atoms with Crippen LogP contribution in [0.25, 0.3) is 0 Å². The highest BCUT2D eigenvalue weighted by molar-refractivity contribution is 6.32. The van der Waals surface area contributed by atoms with Crippen LogP contribution in [0.1, 0.15) is 17.3 Å². The van der Waals surface area contributed by atoms with Crippen molar-refractivity contribution in [2.75, 3.05) is 10.6 Å². The van der Waals surface area contributed by atoms with Crippen LogP contribution in [0.4, 0.5) is 11.4 Å². The molecule has 28 heavy (non-hydrogen) atoms. The van der Waals surface area contributed by atoms with Crippen molar-refractivity contribution >= 4 is 34.8 Å². The predicted octanol–water partition coefficient (Wildman–Crippen LogP) is 5.00. The van der Waals surface area contributed by atoms with Crippen LogP contribution in [0.5, 0.6) is 5.75 Å². The third kappa shape index (κ3) is 4.90. The molecule has 0 radical (unpaired) electrons. The summed E-state index contributed by atoms with van der Waals surface area (Å²) < 4.78 is 5.63. The van der Waals surface area contributed by atoms with Crippen LogP contribution >= 0.6 is 11.6 Å². The average Bonchev–Trinajstić information content (AvgIpc) is 2.70. The minimum Gasteiger partial charge on any atom is -0.479 e. The van der Waals surface area contributed by atoms with E-state index in [1.807, 2.05) is 18.2 Å². The number of benzene rings is 3. The van der Waals surface area contributed by atoms with Crippen molar-refractivity contribution in [3.8, 4) is 5.75 Å². The summed E-state index contributed by atoms with van der Waals surface area (Å²) >= 11 is 6.07. The van der Waals surface area contributed by atoms with Crippen molar-refractivity contribution in [3.05, 3.63) is 89.4 Å². The topological polar surface area (TPSA) is 67.4 Å². The van der Waals surface area contributed by atoms with Gasteiger partial charge in [-0.05, 0) is 43.3 Å². The summed E-state index contributed by atoms with van der Waals surface area (Å²) in [4.78, 5) is 25.2. The number of nitrogens with one attached hydrogen (secondary N) is 2. The number of amides is 2. The van der Waals surface area contributed by atoms with Gasteiger partial charge in [-0.1, -0.05) is 54.1 Å². The summed E-state index contributed by atoms with van der Waals surface area (Å²) in [6.45, 7) is 1.62. The van der Waals surface area contributed by atoms with E-state index in [1.165, 1.54) is 0 Å². The van der Waals surface area contributed by atoms with Gasteiger partial charge in [0.25, 0.3) is 11.8 Å². The van der Waals surface area contributed by atoms with E-state index >= 15 is 0 Å². The quantitative estimate of drug-likeness (QED) is 0.618. The van der Waals surface area contributed by atoms with E-state index in [2.05, 4.69) is 10.6 Å². The Bertz CT molecular complexity index is 976. The molecule has 0 aliphatic carbocycles. The maximum atomic E-state index is 12.6. The van der Waals surface area contributed by atoms with Gasteiger partial charge in [0, 0.05) is 5.69 Å². The molecule has 0 saturated carbocycles. The van der Waals surface area contributed by atoms with Gasteiger partial charge in [-0.15, -0.1) is 0 Å². The molecule has 2 amide bonds. The first-order chi connectivity index (χ1) is 13.5. The third-order valence-corrected chi connectivity index (χ3v) is 4.28. The van der Waals surface area contributed by atoms with E-state index in [9.17, 15) is 9.59 Å². The molecular formula is C22H19ClN2O3. The normalized spacial score (nSPS) is 11.4. The first-order valence-corrected chi connectivity index (χ1v) is 9.10. The van der Waals surface area contributed by atoms with Crippen LogP contribution in [0.2, 0.25) is 5.02 Å². The van der Waals surface area contributed by atoms with Crippen LogP contribution in [-0.4, -0.2) is 17.9 Å². The first kappa shape index (κ1) is 19.5. The molecule has 2 N–H and O–H groups in total. The van der Waals surface area contributed by atoms with Gasteiger partial charge < -0.3 is 15.4 Å².